The lowest BCUT2D eigenvalue weighted by atomic mass is 10.1. The van der Waals surface area contributed by atoms with E-state index in [1.165, 1.54) is 29.7 Å². The predicted octanol–water partition coefficient (Wildman–Crippen LogP) is 3.22. The van der Waals surface area contributed by atoms with Crippen LogP contribution in [0.3, 0.4) is 0 Å². The number of aryl methyl sites for hydroxylation is 2. The minimum atomic E-state index is -0.413. The number of nitrogens with one attached hydrogen (secondary N) is 1. The van der Waals surface area contributed by atoms with E-state index >= 15 is 0 Å². The van der Waals surface area contributed by atoms with Gasteiger partial charge in [-0.3, -0.25) is 9.69 Å². The summed E-state index contributed by atoms with van der Waals surface area (Å²) in [6, 6.07) is 8.50. The second-order valence-corrected chi connectivity index (χ2v) is 8.35. The molecule has 0 radical (unpaired) electrons. The SMILES string of the molecule is COC(=O)c1c(NC(=O)CN2CCN(c3cccc(C)c3)CC2)sc(C)c1C. The van der Waals surface area contributed by atoms with Crippen LogP contribution in [0.5, 0.6) is 0 Å². The van der Waals surface area contributed by atoms with Gasteiger partial charge in [-0.1, -0.05) is 12.1 Å². The van der Waals surface area contributed by atoms with Crippen molar-refractivity contribution in [2.24, 2.45) is 0 Å². The molecule has 1 aliphatic heterocycles. The smallest absolute Gasteiger partial charge is 0.341 e. The van der Waals surface area contributed by atoms with Crippen LogP contribution >= 0.6 is 11.3 Å². The maximum atomic E-state index is 12.5. The van der Waals surface area contributed by atoms with Crippen molar-refractivity contribution in [3.05, 3.63) is 45.8 Å². The Morgan fingerprint density at radius 3 is 2.50 bits per heavy atom. The first-order valence-corrected chi connectivity index (χ1v) is 10.2. The number of carbonyl (C=O) groups is 2. The highest BCUT2D eigenvalue weighted by atomic mass is 32.1. The van der Waals surface area contributed by atoms with Crippen molar-refractivity contribution < 1.29 is 14.3 Å². The zero-order valence-corrected chi connectivity index (χ0v) is 17.7. The number of amides is 1. The largest absolute Gasteiger partial charge is 0.465 e. The summed E-state index contributed by atoms with van der Waals surface area (Å²) in [4.78, 5) is 30.1. The average Bonchev–Trinajstić information content (AvgIpc) is 2.95. The zero-order valence-electron chi connectivity index (χ0n) is 16.9. The molecular formula is C21H27N3O3S. The molecule has 3 rings (SSSR count). The summed E-state index contributed by atoms with van der Waals surface area (Å²) in [5, 5.41) is 3.48. The molecule has 1 N–H and O–H groups in total. The third-order valence-corrected chi connectivity index (χ3v) is 6.26. The number of thiophene rings is 1. The Kier molecular flexibility index (Phi) is 6.36. The Morgan fingerprint density at radius 2 is 1.86 bits per heavy atom. The summed E-state index contributed by atoms with van der Waals surface area (Å²) in [5.41, 5.74) is 3.81. The molecule has 1 fully saturated rings. The molecule has 2 aromatic rings. The van der Waals surface area contributed by atoms with Crippen LogP contribution in [0.2, 0.25) is 0 Å². The normalized spacial score (nSPS) is 14.8. The maximum absolute atomic E-state index is 12.5. The van der Waals surface area contributed by atoms with Crippen molar-refractivity contribution in [3.8, 4) is 0 Å². The van der Waals surface area contributed by atoms with Gasteiger partial charge in [0.25, 0.3) is 0 Å². The van der Waals surface area contributed by atoms with E-state index in [-0.39, 0.29) is 5.91 Å². The Balaban J connectivity index is 1.57. The molecule has 0 atom stereocenters. The number of ether oxygens (including phenoxy) is 1. The predicted molar refractivity (Wildman–Crippen MR) is 114 cm³/mol. The minimum absolute atomic E-state index is 0.101. The van der Waals surface area contributed by atoms with Gasteiger partial charge in [0.1, 0.15) is 5.00 Å². The fraction of sp³-hybridized carbons (Fsp3) is 0.429. The van der Waals surface area contributed by atoms with Crippen molar-refractivity contribution >= 4 is 33.9 Å². The van der Waals surface area contributed by atoms with Crippen LogP contribution in [-0.2, 0) is 9.53 Å². The molecule has 0 bridgehead atoms. The van der Waals surface area contributed by atoms with Gasteiger partial charge in [-0.25, -0.2) is 4.79 Å². The number of rotatable bonds is 5. The molecule has 0 saturated carbocycles. The molecule has 0 spiro atoms. The first-order chi connectivity index (χ1) is 13.4. The van der Waals surface area contributed by atoms with Gasteiger partial charge in [0.15, 0.2) is 0 Å². The third-order valence-electron chi connectivity index (χ3n) is 5.13. The van der Waals surface area contributed by atoms with Gasteiger partial charge in [-0.05, 0) is 44.0 Å². The van der Waals surface area contributed by atoms with Crippen LogP contribution in [0.1, 0.15) is 26.4 Å². The van der Waals surface area contributed by atoms with E-state index in [9.17, 15) is 9.59 Å². The lowest BCUT2D eigenvalue weighted by Gasteiger charge is -2.35. The number of hydrogen-bond donors (Lipinski definition) is 1. The number of piperazine rings is 1. The van der Waals surface area contributed by atoms with E-state index in [0.717, 1.165) is 36.6 Å². The summed E-state index contributed by atoms with van der Waals surface area (Å²) in [5.74, 6) is -0.515. The Bertz CT molecular complexity index is 870. The van der Waals surface area contributed by atoms with Crippen LogP contribution in [0.25, 0.3) is 0 Å². The molecule has 1 aromatic heterocycles. The second kappa shape index (κ2) is 8.75. The third kappa shape index (κ3) is 4.54. The van der Waals surface area contributed by atoms with Crippen molar-refractivity contribution in [1.82, 2.24) is 4.90 Å². The number of anilines is 2. The molecule has 1 amide bonds. The van der Waals surface area contributed by atoms with E-state index < -0.39 is 5.97 Å². The Labute approximate surface area is 170 Å². The summed E-state index contributed by atoms with van der Waals surface area (Å²) in [6.07, 6.45) is 0. The molecule has 0 unspecified atom stereocenters. The second-order valence-electron chi connectivity index (χ2n) is 7.13. The fourth-order valence-electron chi connectivity index (χ4n) is 3.42. The molecule has 150 valence electrons. The van der Waals surface area contributed by atoms with Crippen LogP contribution in [0.4, 0.5) is 10.7 Å². The van der Waals surface area contributed by atoms with Gasteiger partial charge in [-0.15, -0.1) is 11.3 Å². The van der Waals surface area contributed by atoms with Crippen molar-refractivity contribution in [2.45, 2.75) is 20.8 Å². The summed E-state index contributed by atoms with van der Waals surface area (Å²) >= 11 is 1.41. The van der Waals surface area contributed by atoms with E-state index in [0.29, 0.717) is 17.1 Å². The maximum Gasteiger partial charge on any atom is 0.341 e. The molecule has 28 heavy (non-hydrogen) atoms. The highest BCUT2D eigenvalue weighted by molar-refractivity contribution is 7.16. The van der Waals surface area contributed by atoms with E-state index in [2.05, 4.69) is 46.3 Å². The standard InChI is InChI=1S/C21H27N3O3S/c1-14-6-5-7-17(12-14)24-10-8-23(9-11-24)13-18(25)22-20-19(21(26)27-4)15(2)16(3)28-20/h5-7,12H,8-11,13H2,1-4H3,(H,22,25). The van der Waals surface area contributed by atoms with Crippen molar-refractivity contribution in [2.75, 3.05) is 50.1 Å². The van der Waals surface area contributed by atoms with Crippen LogP contribution in [0, 0.1) is 20.8 Å². The van der Waals surface area contributed by atoms with E-state index in [1.54, 1.807) is 0 Å². The quantitative estimate of drug-likeness (QED) is 0.780. The van der Waals surface area contributed by atoms with Gasteiger partial charge in [0, 0.05) is 36.7 Å². The van der Waals surface area contributed by atoms with Gasteiger partial charge in [0.2, 0.25) is 5.91 Å². The van der Waals surface area contributed by atoms with Gasteiger partial charge >= 0.3 is 5.97 Å². The lowest BCUT2D eigenvalue weighted by molar-refractivity contribution is -0.117. The van der Waals surface area contributed by atoms with Crippen LogP contribution in [0.15, 0.2) is 24.3 Å². The first-order valence-electron chi connectivity index (χ1n) is 9.41. The number of nitrogens with zero attached hydrogens (tertiary/aromatic N) is 2. The fourth-order valence-corrected chi connectivity index (χ4v) is 4.49. The number of carbonyl (C=O) groups excluding carboxylic acids is 2. The Morgan fingerprint density at radius 1 is 1.14 bits per heavy atom. The number of methoxy groups -OCH3 is 1. The van der Waals surface area contributed by atoms with Crippen molar-refractivity contribution in [3.63, 3.8) is 0 Å². The molecule has 1 aliphatic rings. The van der Waals surface area contributed by atoms with Crippen LogP contribution < -0.4 is 10.2 Å². The van der Waals surface area contributed by atoms with Gasteiger partial charge < -0.3 is 15.0 Å². The lowest BCUT2D eigenvalue weighted by Crippen LogP contribution is -2.48. The average molecular weight is 402 g/mol. The van der Waals surface area contributed by atoms with Crippen molar-refractivity contribution in [1.29, 1.82) is 0 Å². The Hall–Kier alpha value is -2.38. The number of hydrogen-bond acceptors (Lipinski definition) is 6. The summed E-state index contributed by atoms with van der Waals surface area (Å²) in [7, 11) is 1.36. The monoisotopic (exact) mass is 401 g/mol. The molecule has 0 aliphatic carbocycles. The molecule has 2 heterocycles. The van der Waals surface area contributed by atoms with E-state index in [4.69, 9.17) is 4.74 Å². The number of esters is 1. The van der Waals surface area contributed by atoms with Gasteiger partial charge in [-0.2, -0.15) is 0 Å². The number of benzene rings is 1. The zero-order chi connectivity index (χ0) is 20.3. The molecule has 6 nitrogen and oxygen atoms in total. The highest BCUT2D eigenvalue weighted by Gasteiger charge is 2.23. The summed E-state index contributed by atoms with van der Waals surface area (Å²) in [6.45, 7) is 9.66. The first kappa shape index (κ1) is 20.4. The molecule has 1 saturated heterocycles. The highest BCUT2D eigenvalue weighted by Crippen LogP contribution is 2.33. The molecular weight excluding hydrogens is 374 g/mol. The topological polar surface area (TPSA) is 61.9 Å². The molecule has 7 heteroatoms. The van der Waals surface area contributed by atoms with Gasteiger partial charge in [0.05, 0.1) is 19.2 Å². The summed E-state index contributed by atoms with van der Waals surface area (Å²) < 4.78 is 4.87. The molecule has 1 aromatic carbocycles. The van der Waals surface area contributed by atoms with Crippen LogP contribution in [-0.4, -0.2) is 56.6 Å². The van der Waals surface area contributed by atoms with E-state index in [1.807, 2.05) is 13.8 Å². The minimum Gasteiger partial charge on any atom is -0.465 e.